The molecule has 0 spiro atoms. The Morgan fingerprint density at radius 1 is 1.07 bits per heavy atom. The van der Waals surface area contributed by atoms with Crippen molar-refractivity contribution in [2.24, 2.45) is 5.92 Å². The van der Waals surface area contributed by atoms with Crippen LogP contribution in [0.1, 0.15) is 71.8 Å². The van der Waals surface area contributed by atoms with Gasteiger partial charge in [-0.05, 0) is 77.0 Å². The summed E-state index contributed by atoms with van der Waals surface area (Å²) in [5.41, 5.74) is 2.12. The fourth-order valence-corrected chi connectivity index (χ4v) is 4.28. The molecule has 1 aliphatic carbocycles. The molecule has 1 amide bonds. The molecule has 0 atom stereocenters. The zero-order valence-corrected chi connectivity index (χ0v) is 17.9. The highest BCUT2D eigenvalue weighted by Gasteiger charge is 2.34. The minimum Gasteiger partial charge on any atom is -0.326 e. The first-order valence-electron chi connectivity index (χ1n) is 10.0. The Morgan fingerprint density at radius 2 is 1.67 bits per heavy atom. The Morgan fingerprint density at radius 3 is 2.19 bits per heavy atom. The number of carbonyl (C=O) groups is 1. The molecule has 0 radical (unpaired) electrons. The van der Waals surface area contributed by atoms with Gasteiger partial charge in [0.2, 0.25) is 15.9 Å². The van der Waals surface area contributed by atoms with E-state index in [1.165, 1.54) is 18.4 Å². The van der Waals surface area contributed by atoms with Crippen LogP contribution in [0.15, 0.2) is 24.3 Å². The number of unbranched alkanes of at least 4 members (excludes halogenated alkanes) is 1. The predicted molar refractivity (Wildman–Crippen MR) is 111 cm³/mol. The van der Waals surface area contributed by atoms with Gasteiger partial charge in [-0.25, -0.2) is 13.1 Å². The molecule has 2 rings (SSSR count). The van der Waals surface area contributed by atoms with Gasteiger partial charge in [0.25, 0.3) is 0 Å². The summed E-state index contributed by atoms with van der Waals surface area (Å²) in [5.74, 6) is -0.0198. The van der Waals surface area contributed by atoms with E-state index in [1.807, 2.05) is 12.1 Å². The number of nitrogens with one attached hydrogen (secondary N) is 2. The van der Waals surface area contributed by atoms with Crippen molar-refractivity contribution >= 4 is 21.6 Å². The maximum Gasteiger partial charge on any atom is 0.227 e. The molecule has 0 bridgehead atoms. The number of amides is 1. The maximum atomic E-state index is 12.5. The molecular weight excluding hydrogens is 360 g/mol. The number of carbonyl (C=O) groups excluding carboxylic acids is 1. The first-order chi connectivity index (χ1) is 12.6. The molecule has 0 aliphatic heterocycles. The van der Waals surface area contributed by atoms with E-state index < -0.39 is 14.8 Å². The third-order valence-corrected chi connectivity index (χ3v) is 7.52. The molecule has 6 heteroatoms. The number of hydrogen-bond donors (Lipinski definition) is 2. The van der Waals surface area contributed by atoms with Gasteiger partial charge in [-0.1, -0.05) is 25.5 Å². The van der Waals surface area contributed by atoms with Gasteiger partial charge >= 0.3 is 0 Å². The molecule has 1 aromatic carbocycles. The van der Waals surface area contributed by atoms with Gasteiger partial charge in [0.15, 0.2) is 0 Å². The zero-order chi connectivity index (χ0) is 20.1. The van der Waals surface area contributed by atoms with Crippen molar-refractivity contribution in [1.82, 2.24) is 4.72 Å². The zero-order valence-electron chi connectivity index (χ0n) is 17.0. The average molecular weight is 395 g/mol. The highest BCUT2D eigenvalue weighted by atomic mass is 32.2. The van der Waals surface area contributed by atoms with Crippen molar-refractivity contribution in [3.8, 4) is 0 Å². The Balaban J connectivity index is 1.83. The Kier molecular flexibility index (Phi) is 7.46. The largest absolute Gasteiger partial charge is 0.326 e. The number of aryl methyl sites for hydroxylation is 1. The maximum absolute atomic E-state index is 12.5. The molecule has 0 heterocycles. The fourth-order valence-electron chi connectivity index (χ4n) is 3.25. The first-order valence-corrected chi connectivity index (χ1v) is 11.5. The first kappa shape index (κ1) is 21.9. The van der Waals surface area contributed by atoms with E-state index in [0.29, 0.717) is 25.7 Å². The number of sulfonamides is 1. The highest BCUT2D eigenvalue weighted by Crippen LogP contribution is 2.27. The summed E-state index contributed by atoms with van der Waals surface area (Å²) in [6, 6.07) is 8.00. The fraction of sp³-hybridized carbons (Fsp3) is 0.667. The molecule has 5 nitrogen and oxygen atoms in total. The van der Waals surface area contributed by atoms with Crippen LogP contribution in [0.5, 0.6) is 0 Å². The monoisotopic (exact) mass is 394 g/mol. The van der Waals surface area contributed by atoms with Gasteiger partial charge < -0.3 is 5.32 Å². The summed E-state index contributed by atoms with van der Waals surface area (Å²) >= 11 is 0. The van der Waals surface area contributed by atoms with Crippen LogP contribution in [0.3, 0.4) is 0 Å². The molecule has 1 fully saturated rings. The SMILES string of the molecule is CCCCc1ccc(NC(=O)C2CCC(NS(=O)(=O)C(C)(C)C)CC2)cc1. The summed E-state index contributed by atoms with van der Waals surface area (Å²) in [7, 11) is -3.35. The van der Waals surface area contributed by atoms with Crippen LogP contribution in [-0.4, -0.2) is 25.1 Å². The Hall–Kier alpha value is -1.40. The lowest BCUT2D eigenvalue weighted by atomic mass is 9.86. The van der Waals surface area contributed by atoms with Gasteiger partial charge in [0, 0.05) is 17.6 Å². The van der Waals surface area contributed by atoms with Crippen LogP contribution in [0.25, 0.3) is 0 Å². The number of benzene rings is 1. The second-order valence-electron chi connectivity index (χ2n) is 8.57. The normalized spacial score (nSPS) is 21.0. The van der Waals surface area contributed by atoms with Crippen LogP contribution in [0.4, 0.5) is 5.69 Å². The van der Waals surface area contributed by atoms with Crippen LogP contribution < -0.4 is 10.0 Å². The molecule has 1 aromatic rings. The van der Waals surface area contributed by atoms with E-state index >= 15 is 0 Å². The smallest absolute Gasteiger partial charge is 0.227 e. The van der Waals surface area contributed by atoms with Crippen molar-refractivity contribution < 1.29 is 13.2 Å². The van der Waals surface area contributed by atoms with E-state index in [4.69, 9.17) is 0 Å². The molecule has 0 unspecified atom stereocenters. The Labute approximate surface area is 164 Å². The van der Waals surface area contributed by atoms with Crippen LogP contribution >= 0.6 is 0 Å². The van der Waals surface area contributed by atoms with Gasteiger partial charge in [0.1, 0.15) is 0 Å². The summed E-state index contributed by atoms with van der Waals surface area (Å²) in [4.78, 5) is 12.5. The lowest BCUT2D eigenvalue weighted by Gasteiger charge is -2.30. The number of hydrogen-bond acceptors (Lipinski definition) is 3. The third kappa shape index (κ3) is 6.32. The summed E-state index contributed by atoms with van der Waals surface area (Å²) in [5, 5.41) is 3.00. The van der Waals surface area contributed by atoms with E-state index in [-0.39, 0.29) is 17.9 Å². The quantitative estimate of drug-likeness (QED) is 0.726. The van der Waals surface area contributed by atoms with Gasteiger partial charge in [-0.15, -0.1) is 0 Å². The topological polar surface area (TPSA) is 75.3 Å². The molecule has 0 aromatic heterocycles. The van der Waals surface area contributed by atoms with E-state index in [1.54, 1.807) is 20.8 Å². The molecule has 0 saturated heterocycles. The standard InChI is InChI=1S/C21H34N2O3S/c1-5-6-7-16-8-12-18(13-9-16)22-20(24)17-10-14-19(15-11-17)23-27(25,26)21(2,3)4/h8-9,12-13,17,19,23H,5-7,10-11,14-15H2,1-4H3,(H,22,24). The number of anilines is 1. The summed E-state index contributed by atoms with van der Waals surface area (Å²) < 4.78 is 26.6. The molecule has 1 aliphatic rings. The van der Waals surface area contributed by atoms with Crippen LogP contribution in [-0.2, 0) is 21.2 Å². The molecule has 152 valence electrons. The summed E-state index contributed by atoms with van der Waals surface area (Å²) in [6.45, 7) is 7.27. The lowest BCUT2D eigenvalue weighted by Crippen LogP contribution is -2.46. The van der Waals surface area contributed by atoms with Crippen molar-refractivity contribution in [3.05, 3.63) is 29.8 Å². The van der Waals surface area contributed by atoms with Crippen LogP contribution in [0.2, 0.25) is 0 Å². The second kappa shape index (κ2) is 9.20. The third-order valence-electron chi connectivity index (χ3n) is 5.27. The van der Waals surface area contributed by atoms with Crippen molar-refractivity contribution in [2.75, 3.05) is 5.32 Å². The predicted octanol–water partition coefficient (Wildman–Crippen LogP) is 4.24. The van der Waals surface area contributed by atoms with E-state index in [9.17, 15) is 13.2 Å². The summed E-state index contributed by atoms with van der Waals surface area (Å²) in [6.07, 6.45) is 6.22. The van der Waals surface area contributed by atoms with Gasteiger partial charge in [0.05, 0.1) is 4.75 Å². The van der Waals surface area contributed by atoms with Crippen molar-refractivity contribution in [3.63, 3.8) is 0 Å². The molecular formula is C21H34N2O3S. The van der Waals surface area contributed by atoms with Gasteiger partial charge in [-0.2, -0.15) is 0 Å². The van der Waals surface area contributed by atoms with Crippen molar-refractivity contribution in [2.45, 2.75) is 83.4 Å². The minimum absolute atomic E-state index is 0.0356. The Bertz CT molecular complexity index is 713. The highest BCUT2D eigenvalue weighted by molar-refractivity contribution is 7.90. The number of rotatable bonds is 7. The average Bonchev–Trinajstić information content (AvgIpc) is 2.60. The van der Waals surface area contributed by atoms with Crippen LogP contribution in [0, 0.1) is 5.92 Å². The van der Waals surface area contributed by atoms with Gasteiger partial charge in [-0.3, -0.25) is 4.79 Å². The second-order valence-corrected chi connectivity index (χ2v) is 11.0. The lowest BCUT2D eigenvalue weighted by molar-refractivity contribution is -0.120. The van der Waals surface area contributed by atoms with E-state index in [0.717, 1.165) is 12.1 Å². The molecule has 27 heavy (non-hydrogen) atoms. The van der Waals surface area contributed by atoms with E-state index in [2.05, 4.69) is 29.1 Å². The van der Waals surface area contributed by atoms with Crippen molar-refractivity contribution in [1.29, 1.82) is 0 Å². The minimum atomic E-state index is -3.35. The molecule has 1 saturated carbocycles. The molecule has 2 N–H and O–H groups in total.